The van der Waals surface area contributed by atoms with E-state index in [2.05, 4.69) is 50.4 Å². The van der Waals surface area contributed by atoms with E-state index in [9.17, 15) is 14.4 Å². The molecule has 1 aromatic heterocycles. The summed E-state index contributed by atoms with van der Waals surface area (Å²) in [7, 11) is 0. The Hall–Kier alpha value is -3.88. The third kappa shape index (κ3) is 7.08. The van der Waals surface area contributed by atoms with E-state index in [1.165, 1.54) is 22.9 Å². The van der Waals surface area contributed by atoms with Gasteiger partial charge in [0.2, 0.25) is 5.91 Å². The lowest BCUT2D eigenvalue weighted by atomic mass is 9.97. The minimum atomic E-state index is -0.439. The van der Waals surface area contributed by atoms with Crippen molar-refractivity contribution >= 4 is 56.0 Å². The summed E-state index contributed by atoms with van der Waals surface area (Å²) in [4.78, 5) is 42.8. The molecule has 1 atom stereocenters. The van der Waals surface area contributed by atoms with Gasteiger partial charge in [-0.15, -0.1) is 0 Å². The maximum absolute atomic E-state index is 13.4. The van der Waals surface area contributed by atoms with Gasteiger partial charge in [0.05, 0.1) is 11.4 Å². The maximum atomic E-state index is 13.4. The minimum absolute atomic E-state index is 0.0211. The standard InChI is InChI=1S/C35H33BrClN3O4/c36-26-9-12-32-29(20-26)31(41)21-33(44-32)35(43)38-28(18-23-7-10-27(37)11-8-23)19-24-13-16-39(17-14-24)30-5-2-1-4-25(30)22-40-15-3-6-34(40)42/h1-2,4-5,7-12,19-21,28H,3,6,13-18,22H2,(H,38,43)/t28-/m0/s1. The van der Waals surface area contributed by atoms with Gasteiger partial charge in [-0.25, -0.2) is 0 Å². The molecule has 4 aromatic rings. The monoisotopic (exact) mass is 673 g/mol. The Morgan fingerprint density at radius 2 is 1.75 bits per heavy atom. The van der Waals surface area contributed by atoms with Crippen LogP contribution >= 0.6 is 27.5 Å². The molecule has 0 radical (unpaired) electrons. The van der Waals surface area contributed by atoms with Crippen molar-refractivity contribution in [2.45, 2.75) is 44.7 Å². The smallest absolute Gasteiger partial charge is 0.287 e. The van der Waals surface area contributed by atoms with E-state index in [-0.39, 0.29) is 23.1 Å². The van der Waals surface area contributed by atoms with E-state index in [0.29, 0.717) is 35.4 Å². The van der Waals surface area contributed by atoms with Gasteiger partial charge in [0.1, 0.15) is 5.58 Å². The first-order valence-corrected chi connectivity index (χ1v) is 16.1. The van der Waals surface area contributed by atoms with Crippen LogP contribution in [-0.2, 0) is 17.8 Å². The number of amides is 2. The molecule has 2 amide bonds. The Kier molecular flexibility index (Phi) is 9.19. The topological polar surface area (TPSA) is 82.9 Å². The van der Waals surface area contributed by atoms with E-state index in [4.69, 9.17) is 16.0 Å². The highest BCUT2D eigenvalue weighted by Gasteiger charge is 2.24. The van der Waals surface area contributed by atoms with Gasteiger partial charge in [-0.2, -0.15) is 0 Å². The molecule has 0 aliphatic carbocycles. The summed E-state index contributed by atoms with van der Waals surface area (Å²) in [5.74, 6) is -0.230. The summed E-state index contributed by atoms with van der Waals surface area (Å²) >= 11 is 9.50. The van der Waals surface area contributed by atoms with Crippen LogP contribution in [0.2, 0.25) is 5.02 Å². The number of hydrogen-bond acceptors (Lipinski definition) is 5. The molecule has 0 bridgehead atoms. The molecule has 1 N–H and O–H groups in total. The molecule has 2 fully saturated rings. The summed E-state index contributed by atoms with van der Waals surface area (Å²) in [6.07, 6.45) is 5.98. The molecule has 6 rings (SSSR count). The van der Waals surface area contributed by atoms with Gasteiger partial charge in [-0.3, -0.25) is 14.4 Å². The zero-order valence-corrected chi connectivity index (χ0v) is 26.6. The van der Waals surface area contributed by atoms with Crippen molar-refractivity contribution in [3.63, 3.8) is 0 Å². The second-order valence-corrected chi connectivity index (χ2v) is 12.7. The van der Waals surface area contributed by atoms with Crippen molar-refractivity contribution in [2.75, 3.05) is 24.5 Å². The minimum Gasteiger partial charge on any atom is -0.451 e. The van der Waals surface area contributed by atoms with Crippen molar-refractivity contribution < 1.29 is 14.0 Å². The fourth-order valence-corrected chi connectivity index (χ4v) is 6.51. The molecule has 7 nitrogen and oxygen atoms in total. The largest absolute Gasteiger partial charge is 0.451 e. The molecule has 2 aliphatic rings. The highest BCUT2D eigenvalue weighted by Crippen LogP contribution is 2.29. The van der Waals surface area contributed by atoms with Crippen LogP contribution in [0.15, 0.2) is 98.1 Å². The summed E-state index contributed by atoms with van der Waals surface area (Å²) in [6, 6.07) is 22.0. The second-order valence-electron chi connectivity index (χ2n) is 11.4. The average Bonchev–Trinajstić information content (AvgIpc) is 3.43. The molecule has 44 heavy (non-hydrogen) atoms. The highest BCUT2D eigenvalue weighted by molar-refractivity contribution is 9.10. The van der Waals surface area contributed by atoms with Crippen LogP contribution in [-0.4, -0.2) is 42.4 Å². The lowest BCUT2D eigenvalue weighted by Gasteiger charge is -2.33. The van der Waals surface area contributed by atoms with Crippen molar-refractivity contribution in [3.05, 3.63) is 121 Å². The summed E-state index contributed by atoms with van der Waals surface area (Å²) in [5.41, 5.74) is 4.73. The molecule has 0 spiro atoms. The predicted octanol–water partition coefficient (Wildman–Crippen LogP) is 6.90. The number of fused-ring (bicyclic) bond motifs is 1. The van der Waals surface area contributed by atoms with Crippen LogP contribution in [0.4, 0.5) is 5.69 Å². The van der Waals surface area contributed by atoms with Gasteiger partial charge in [0.15, 0.2) is 11.2 Å². The summed E-state index contributed by atoms with van der Waals surface area (Å²) in [5, 5.41) is 4.17. The molecule has 3 aromatic carbocycles. The van der Waals surface area contributed by atoms with Crippen molar-refractivity contribution in [1.82, 2.24) is 10.2 Å². The Bertz CT molecular complexity index is 1780. The maximum Gasteiger partial charge on any atom is 0.287 e. The number of halogens is 2. The summed E-state index contributed by atoms with van der Waals surface area (Å²) < 4.78 is 6.61. The molecule has 0 unspecified atom stereocenters. The number of hydrogen-bond donors (Lipinski definition) is 1. The second kappa shape index (κ2) is 13.4. The molecule has 2 saturated heterocycles. The predicted molar refractivity (Wildman–Crippen MR) is 177 cm³/mol. The Morgan fingerprint density at radius 1 is 0.977 bits per heavy atom. The molecule has 2 aliphatic heterocycles. The zero-order chi connectivity index (χ0) is 30.6. The van der Waals surface area contributed by atoms with Crippen LogP contribution in [0.3, 0.4) is 0 Å². The van der Waals surface area contributed by atoms with Crippen LogP contribution in [0, 0.1) is 0 Å². The third-order valence-corrected chi connectivity index (χ3v) is 9.05. The van der Waals surface area contributed by atoms with Gasteiger partial charge in [-0.1, -0.05) is 69.5 Å². The van der Waals surface area contributed by atoms with Gasteiger partial charge < -0.3 is 19.5 Å². The highest BCUT2D eigenvalue weighted by atomic mass is 79.9. The van der Waals surface area contributed by atoms with Gasteiger partial charge >= 0.3 is 0 Å². The number of carbonyl (C=O) groups excluding carboxylic acids is 2. The zero-order valence-electron chi connectivity index (χ0n) is 24.2. The van der Waals surface area contributed by atoms with Gasteiger partial charge in [0.25, 0.3) is 5.91 Å². The van der Waals surface area contributed by atoms with E-state index in [1.807, 2.05) is 35.2 Å². The lowest BCUT2D eigenvalue weighted by Crippen LogP contribution is -2.37. The Morgan fingerprint density at radius 3 is 2.50 bits per heavy atom. The lowest BCUT2D eigenvalue weighted by molar-refractivity contribution is -0.128. The molecule has 0 saturated carbocycles. The Labute approximate surface area is 269 Å². The quantitative estimate of drug-likeness (QED) is 0.206. The number of likely N-dealkylation sites (tertiary alicyclic amines) is 1. The van der Waals surface area contributed by atoms with Gasteiger partial charge in [-0.05, 0) is 73.2 Å². The van der Waals surface area contributed by atoms with Crippen LogP contribution < -0.4 is 15.6 Å². The van der Waals surface area contributed by atoms with E-state index in [1.54, 1.807) is 18.2 Å². The first-order chi connectivity index (χ1) is 21.3. The fourth-order valence-electron chi connectivity index (χ4n) is 6.02. The number of piperidine rings is 1. The molecule has 226 valence electrons. The van der Waals surface area contributed by atoms with Crippen LogP contribution in [0.25, 0.3) is 11.0 Å². The molecule has 3 heterocycles. The van der Waals surface area contributed by atoms with E-state index < -0.39 is 5.91 Å². The number of rotatable bonds is 8. The van der Waals surface area contributed by atoms with Crippen molar-refractivity contribution in [1.29, 1.82) is 0 Å². The SMILES string of the molecule is O=C(N[C@H](C=C1CCN(c2ccccc2CN2CCCC2=O)CC1)Cc1ccc(Cl)cc1)c1cc(=O)c2cc(Br)ccc2o1. The van der Waals surface area contributed by atoms with Crippen LogP contribution in [0.5, 0.6) is 0 Å². The number of anilines is 1. The number of para-hydroxylation sites is 1. The number of benzene rings is 3. The molecular weight excluding hydrogens is 642 g/mol. The van der Waals surface area contributed by atoms with E-state index in [0.717, 1.165) is 48.9 Å². The van der Waals surface area contributed by atoms with Crippen molar-refractivity contribution in [2.24, 2.45) is 0 Å². The molecule has 9 heteroatoms. The number of carbonyl (C=O) groups is 2. The summed E-state index contributed by atoms with van der Waals surface area (Å²) in [6.45, 7) is 3.15. The third-order valence-electron chi connectivity index (χ3n) is 8.31. The van der Waals surface area contributed by atoms with E-state index >= 15 is 0 Å². The number of nitrogens with one attached hydrogen (secondary N) is 1. The van der Waals surface area contributed by atoms with Crippen LogP contribution in [0.1, 0.15) is 47.4 Å². The number of nitrogens with zero attached hydrogens (tertiary/aromatic N) is 2. The average molecular weight is 675 g/mol. The molecular formula is C35H33BrClN3O4. The normalized spacial score (nSPS) is 16.0. The fraction of sp³-hybridized carbons (Fsp3) is 0.286. The Balaban J connectivity index is 1.19. The first kappa shape index (κ1) is 30.2. The van der Waals surface area contributed by atoms with Crippen molar-refractivity contribution in [3.8, 4) is 0 Å². The first-order valence-electron chi connectivity index (χ1n) is 14.9. The van der Waals surface area contributed by atoms with Gasteiger partial charge in [0, 0.05) is 53.8 Å².